The normalized spacial score (nSPS) is 12.1. The number of hydrogen-bond acceptors (Lipinski definition) is 5. The molecule has 0 radical (unpaired) electrons. The molecule has 2 heterocycles. The molecule has 0 bridgehead atoms. The number of amides is 1. The molecule has 0 fully saturated rings. The lowest BCUT2D eigenvalue weighted by molar-refractivity contribution is -0.129. The molecule has 148 valence electrons. The van der Waals surface area contributed by atoms with Gasteiger partial charge in [-0.1, -0.05) is 42.1 Å². The summed E-state index contributed by atoms with van der Waals surface area (Å²) in [7, 11) is 0. The van der Waals surface area contributed by atoms with E-state index in [2.05, 4.69) is 26.9 Å². The van der Waals surface area contributed by atoms with Gasteiger partial charge in [-0.3, -0.25) is 9.36 Å². The minimum Gasteiger partial charge on any atom is -0.469 e. The summed E-state index contributed by atoms with van der Waals surface area (Å²) < 4.78 is 7.52. The van der Waals surface area contributed by atoms with Gasteiger partial charge in [0.05, 0.1) is 23.6 Å². The third-order valence-corrected chi connectivity index (χ3v) is 5.77. The fraction of sp³-hybridized carbons (Fsp3) is 0.381. The van der Waals surface area contributed by atoms with Gasteiger partial charge in [-0.25, -0.2) is 0 Å². The van der Waals surface area contributed by atoms with E-state index >= 15 is 0 Å². The van der Waals surface area contributed by atoms with Crippen LogP contribution in [0.3, 0.4) is 0 Å². The zero-order chi connectivity index (χ0) is 20.1. The number of aryl methyl sites for hydroxylation is 1. The first-order chi connectivity index (χ1) is 13.5. The third-order valence-electron chi connectivity index (χ3n) is 4.71. The minimum absolute atomic E-state index is 0.116. The van der Waals surface area contributed by atoms with Gasteiger partial charge >= 0.3 is 0 Å². The van der Waals surface area contributed by atoms with Crippen LogP contribution in [0.15, 0.2) is 52.2 Å². The zero-order valence-corrected chi connectivity index (χ0v) is 17.6. The molecule has 0 aliphatic rings. The number of furan rings is 1. The van der Waals surface area contributed by atoms with Crippen LogP contribution in [0.5, 0.6) is 0 Å². The predicted octanol–water partition coefficient (Wildman–Crippen LogP) is 4.24. The molecule has 1 amide bonds. The van der Waals surface area contributed by atoms with Crippen molar-refractivity contribution in [2.75, 3.05) is 13.1 Å². The average Bonchev–Trinajstić information content (AvgIpc) is 3.29. The van der Waals surface area contributed by atoms with E-state index in [0.717, 1.165) is 27.9 Å². The van der Waals surface area contributed by atoms with E-state index in [1.165, 1.54) is 11.8 Å². The van der Waals surface area contributed by atoms with Crippen LogP contribution in [0.2, 0.25) is 0 Å². The molecule has 28 heavy (non-hydrogen) atoms. The highest BCUT2D eigenvalue weighted by atomic mass is 32.2. The summed E-state index contributed by atoms with van der Waals surface area (Å²) >= 11 is 1.45. The van der Waals surface area contributed by atoms with Crippen LogP contribution >= 0.6 is 11.8 Å². The molecule has 1 atom stereocenters. The van der Waals surface area contributed by atoms with Crippen LogP contribution in [-0.2, 0) is 11.3 Å². The fourth-order valence-corrected chi connectivity index (χ4v) is 4.03. The van der Waals surface area contributed by atoms with E-state index in [1.54, 1.807) is 6.26 Å². The van der Waals surface area contributed by atoms with Crippen molar-refractivity contribution >= 4 is 17.7 Å². The van der Waals surface area contributed by atoms with E-state index < -0.39 is 0 Å². The molecular formula is C21H26N4O2S. The summed E-state index contributed by atoms with van der Waals surface area (Å²) in [4.78, 5) is 14.5. The van der Waals surface area contributed by atoms with Gasteiger partial charge in [0.1, 0.15) is 5.76 Å². The maximum atomic E-state index is 12.7. The van der Waals surface area contributed by atoms with Gasteiger partial charge < -0.3 is 9.32 Å². The van der Waals surface area contributed by atoms with Crippen LogP contribution in [0.1, 0.15) is 32.1 Å². The summed E-state index contributed by atoms with van der Waals surface area (Å²) in [6, 6.07) is 12.1. The van der Waals surface area contributed by atoms with E-state index in [0.29, 0.717) is 19.6 Å². The Hall–Kier alpha value is -2.54. The second-order valence-corrected chi connectivity index (χ2v) is 7.85. The molecule has 3 rings (SSSR count). The summed E-state index contributed by atoms with van der Waals surface area (Å²) in [6.07, 6.45) is 1.66. The van der Waals surface area contributed by atoms with Crippen molar-refractivity contribution in [1.29, 1.82) is 0 Å². The number of thioether (sulfide) groups is 1. The van der Waals surface area contributed by atoms with E-state index in [-0.39, 0.29) is 11.2 Å². The van der Waals surface area contributed by atoms with Crippen molar-refractivity contribution < 1.29 is 9.21 Å². The monoisotopic (exact) mass is 398 g/mol. The molecular weight excluding hydrogens is 372 g/mol. The summed E-state index contributed by atoms with van der Waals surface area (Å²) in [5, 5.41) is 9.32. The van der Waals surface area contributed by atoms with Gasteiger partial charge in [0.2, 0.25) is 5.91 Å². The molecule has 1 unspecified atom stereocenters. The van der Waals surface area contributed by atoms with Gasteiger partial charge in [-0.2, -0.15) is 0 Å². The van der Waals surface area contributed by atoms with Crippen molar-refractivity contribution in [2.45, 2.75) is 44.6 Å². The Morgan fingerprint density at radius 2 is 1.89 bits per heavy atom. The highest BCUT2D eigenvalue weighted by Crippen LogP contribution is 2.30. The topological polar surface area (TPSA) is 64.2 Å². The molecule has 0 aliphatic carbocycles. The maximum absolute atomic E-state index is 12.7. The second kappa shape index (κ2) is 9.10. The highest BCUT2D eigenvalue weighted by Gasteiger charge is 2.24. The fourth-order valence-electron chi connectivity index (χ4n) is 3.10. The Morgan fingerprint density at radius 3 is 2.50 bits per heavy atom. The Kier molecular flexibility index (Phi) is 6.57. The quantitative estimate of drug-likeness (QED) is 0.531. The molecule has 0 saturated carbocycles. The number of hydrogen-bond donors (Lipinski definition) is 0. The first kappa shape index (κ1) is 20.2. The number of carbonyl (C=O) groups excluding carboxylic acids is 1. The number of aromatic nitrogens is 3. The lowest BCUT2D eigenvalue weighted by Crippen LogP contribution is -2.36. The Morgan fingerprint density at radius 1 is 1.18 bits per heavy atom. The van der Waals surface area contributed by atoms with Crippen molar-refractivity contribution in [3.63, 3.8) is 0 Å². The van der Waals surface area contributed by atoms with E-state index in [9.17, 15) is 4.79 Å². The molecule has 0 saturated heterocycles. The number of nitrogens with zero attached hydrogens (tertiary/aromatic N) is 4. The predicted molar refractivity (Wildman–Crippen MR) is 111 cm³/mol. The largest absolute Gasteiger partial charge is 0.469 e. The van der Waals surface area contributed by atoms with Crippen LogP contribution < -0.4 is 0 Å². The van der Waals surface area contributed by atoms with Crippen molar-refractivity contribution in [2.24, 2.45) is 0 Å². The molecule has 6 nitrogen and oxygen atoms in total. The molecule has 1 aromatic carbocycles. The SMILES string of the molecule is CCN(CC)C(=O)C(C)Sc1nnc(-c2ccoc2C)n1Cc1ccccc1. The Labute approximate surface area is 169 Å². The summed E-state index contributed by atoms with van der Waals surface area (Å²) in [5.74, 6) is 1.66. The van der Waals surface area contributed by atoms with E-state index in [1.807, 2.05) is 56.9 Å². The highest BCUT2D eigenvalue weighted by molar-refractivity contribution is 8.00. The number of benzene rings is 1. The second-order valence-electron chi connectivity index (χ2n) is 6.54. The number of carbonyl (C=O) groups is 1. The van der Waals surface area contributed by atoms with Gasteiger partial charge in [0.25, 0.3) is 0 Å². The molecule has 0 aliphatic heterocycles. The Balaban J connectivity index is 1.93. The van der Waals surface area contributed by atoms with Gasteiger partial charge in [0, 0.05) is 13.1 Å². The van der Waals surface area contributed by atoms with Crippen molar-refractivity contribution in [1.82, 2.24) is 19.7 Å². The van der Waals surface area contributed by atoms with Gasteiger partial charge in [0.15, 0.2) is 11.0 Å². The summed E-state index contributed by atoms with van der Waals surface area (Å²) in [5.41, 5.74) is 2.06. The van der Waals surface area contributed by atoms with Crippen LogP contribution in [0.4, 0.5) is 0 Å². The van der Waals surface area contributed by atoms with E-state index in [4.69, 9.17) is 4.42 Å². The average molecular weight is 399 g/mol. The van der Waals surface area contributed by atoms with Gasteiger partial charge in [-0.15, -0.1) is 10.2 Å². The molecule has 0 spiro atoms. The van der Waals surface area contributed by atoms with Crippen LogP contribution in [0.25, 0.3) is 11.4 Å². The first-order valence-electron chi connectivity index (χ1n) is 9.52. The molecule has 7 heteroatoms. The molecule has 0 N–H and O–H groups in total. The molecule has 2 aromatic heterocycles. The summed E-state index contributed by atoms with van der Waals surface area (Å²) in [6.45, 7) is 9.87. The van der Waals surface area contributed by atoms with Crippen molar-refractivity contribution in [3.8, 4) is 11.4 Å². The minimum atomic E-state index is -0.239. The Bertz CT molecular complexity index is 916. The van der Waals surface area contributed by atoms with Crippen LogP contribution in [-0.4, -0.2) is 43.9 Å². The van der Waals surface area contributed by atoms with Gasteiger partial charge in [-0.05, 0) is 39.3 Å². The standard InChI is InChI=1S/C21H26N4O2S/c1-5-24(6-2)20(26)16(4)28-21-23-22-19(18-12-13-27-15(18)3)25(21)14-17-10-8-7-9-11-17/h7-13,16H,5-6,14H2,1-4H3. The first-order valence-corrected chi connectivity index (χ1v) is 10.4. The van der Waals surface area contributed by atoms with Crippen molar-refractivity contribution in [3.05, 3.63) is 54.0 Å². The third kappa shape index (κ3) is 4.30. The van der Waals surface area contributed by atoms with Crippen LogP contribution in [0, 0.1) is 6.92 Å². The smallest absolute Gasteiger partial charge is 0.235 e. The lowest BCUT2D eigenvalue weighted by atomic mass is 10.2. The maximum Gasteiger partial charge on any atom is 0.235 e. The lowest BCUT2D eigenvalue weighted by Gasteiger charge is -2.22. The number of rotatable bonds is 8. The molecule has 3 aromatic rings. The zero-order valence-electron chi connectivity index (χ0n) is 16.8.